The largest absolute Gasteiger partial charge is 0.396 e. The number of aliphatic hydroxyl groups is 1. The van der Waals surface area contributed by atoms with E-state index >= 15 is 0 Å². The topological polar surface area (TPSA) is 54.0 Å². The van der Waals surface area contributed by atoms with E-state index in [9.17, 15) is 5.11 Å². The van der Waals surface area contributed by atoms with E-state index in [-0.39, 0.29) is 30.0 Å². The predicted octanol–water partition coefficient (Wildman–Crippen LogP) is 3.69. The average Bonchev–Trinajstić information content (AvgIpc) is 3.23. The van der Waals surface area contributed by atoms with Crippen LogP contribution in [0.5, 0.6) is 0 Å². The number of rotatable bonds is 11. The Bertz CT molecular complexity index is 487. The zero-order valence-corrected chi connectivity index (χ0v) is 15.5. The van der Waals surface area contributed by atoms with Gasteiger partial charge in [0.15, 0.2) is 12.5 Å². The maximum atomic E-state index is 9.18. The van der Waals surface area contributed by atoms with Gasteiger partial charge in [0.25, 0.3) is 0 Å². The maximum Gasteiger partial charge on any atom is 0.199 e. The SMILES string of the molecule is CC(C)(CCO)CC(C)(C)CCNC1OC1OCc1ccccc1. The molecule has 1 saturated heterocycles. The van der Waals surface area contributed by atoms with Crippen LogP contribution >= 0.6 is 0 Å². The molecule has 0 saturated carbocycles. The van der Waals surface area contributed by atoms with Gasteiger partial charge in [-0.1, -0.05) is 58.0 Å². The Kier molecular flexibility index (Phi) is 6.81. The molecule has 0 bridgehead atoms. The van der Waals surface area contributed by atoms with Crippen LogP contribution < -0.4 is 5.32 Å². The maximum absolute atomic E-state index is 9.18. The second-order valence-corrected chi connectivity index (χ2v) is 8.40. The highest BCUT2D eigenvalue weighted by Crippen LogP contribution is 2.38. The van der Waals surface area contributed by atoms with Crippen molar-refractivity contribution in [3.8, 4) is 0 Å². The van der Waals surface area contributed by atoms with Crippen LogP contribution in [0.2, 0.25) is 0 Å². The summed E-state index contributed by atoms with van der Waals surface area (Å²) >= 11 is 0. The first-order valence-electron chi connectivity index (χ1n) is 8.97. The van der Waals surface area contributed by atoms with Gasteiger partial charge < -0.3 is 14.6 Å². The summed E-state index contributed by atoms with van der Waals surface area (Å²) in [6, 6.07) is 10.2. The summed E-state index contributed by atoms with van der Waals surface area (Å²) in [5.41, 5.74) is 1.58. The van der Waals surface area contributed by atoms with Crippen molar-refractivity contribution in [3.63, 3.8) is 0 Å². The third-order valence-corrected chi connectivity index (χ3v) is 4.60. The standard InChI is InChI=1S/C20H33NO3/c1-19(2,15-20(3,4)11-13-22)10-12-21-17-18(24-17)23-14-16-8-6-5-7-9-16/h5-9,17-18,21-22H,10-15H2,1-4H3. The second-order valence-electron chi connectivity index (χ2n) is 8.40. The number of ether oxygens (including phenoxy) is 2. The molecule has 0 spiro atoms. The molecule has 1 aliphatic rings. The van der Waals surface area contributed by atoms with E-state index in [2.05, 4.69) is 45.1 Å². The minimum atomic E-state index is -0.126. The fourth-order valence-electron chi connectivity index (χ4n) is 3.45. The molecule has 1 aromatic carbocycles. The smallest absolute Gasteiger partial charge is 0.199 e. The molecule has 4 nitrogen and oxygen atoms in total. The van der Waals surface area contributed by atoms with Gasteiger partial charge in [0.2, 0.25) is 0 Å². The summed E-state index contributed by atoms with van der Waals surface area (Å²) in [5, 5.41) is 12.6. The molecule has 2 N–H and O–H groups in total. The van der Waals surface area contributed by atoms with Gasteiger partial charge >= 0.3 is 0 Å². The molecule has 0 aliphatic carbocycles. The monoisotopic (exact) mass is 335 g/mol. The number of hydrogen-bond acceptors (Lipinski definition) is 4. The third kappa shape index (κ3) is 6.89. The number of hydrogen-bond donors (Lipinski definition) is 2. The molecule has 24 heavy (non-hydrogen) atoms. The van der Waals surface area contributed by atoms with Gasteiger partial charge in [-0.15, -0.1) is 0 Å². The Morgan fingerprint density at radius 1 is 1.08 bits per heavy atom. The Hall–Kier alpha value is -0.940. The highest BCUT2D eigenvalue weighted by molar-refractivity contribution is 5.13. The summed E-state index contributed by atoms with van der Waals surface area (Å²) in [7, 11) is 0. The first kappa shape index (κ1) is 19.4. The van der Waals surface area contributed by atoms with Gasteiger partial charge in [-0.05, 0) is 42.2 Å². The van der Waals surface area contributed by atoms with Gasteiger partial charge in [0.05, 0.1) is 6.61 Å². The summed E-state index contributed by atoms with van der Waals surface area (Å²) < 4.78 is 11.3. The fourth-order valence-corrected chi connectivity index (χ4v) is 3.45. The lowest BCUT2D eigenvalue weighted by atomic mass is 9.72. The normalized spacial score (nSPS) is 21.0. The Labute approximate surface area is 146 Å². The molecular weight excluding hydrogens is 302 g/mol. The van der Waals surface area contributed by atoms with Crippen molar-refractivity contribution in [1.82, 2.24) is 5.32 Å². The highest BCUT2D eigenvalue weighted by atomic mass is 16.8. The van der Waals surface area contributed by atoms with Gasteiger partial charge in [-0.3, -0.25) is 5.32 Å². The van der Waals surface area contributed by atoms with Crippen LogP contribution in [-0.2, 0) is 16.1 Å². The number of nitrogens with one attached hydrogen (secondary N) is 1. The minimum absolute atomic E-state index is 0.0231. The van der Waals surface area contributed by atoms with Crippen molar-refractivity contribution in [2.45, 2.75) is 66.1 Å². The molecule has 2 rings (SSSR count). The van der Waals surface area contributed by atoms with Crippen LogP contribution in [-0.4, -0.2) is 30.8 Å². The van der Waals surface area contributed by atoms with Crippen LogP contribution in [0.4, 0.5) is 0 Å². The van der Waals surface area contributed by atoms with Crippen LogP contribution in [0.25, 0.3) is 0 Å². The molecule has 4 heteroatoms. The molecule has 1 fully saturated rings. The first-order chi connectivity index (χ1) is 11.3. The Morgan fingerprint density at radius 3 is 2.42 bits per heavy atom. The lowest BCUT2D eigenvalue weighted by Crippen LogP contribution is -2.30. The van der Waals surface area contributed by atoms with Crippen molar-refractivity contribution >= 4 is 0 Å². The van der Waals surface area contributed by atoms with Crippen molar-refractivity contribution in [2.24, 2.45) is 10.8 Å². The Balaban J connectivity index is 1.61. The van der Waals surface area contributed by atoms with E-state index in [4.69, 9.17) is 9.47 Å². The Morgan fingerprint density at radius 2 is 1.75 bits per heavy atom. The van der Waals surface area contributed by atoms with E-state index < -0.39 is 0 Å². The van der Waals surface area contributed by atoms with Crippen LogP contribution in [0.15, 0.2) is 30.3 Å². The van der Waals surface area contributed by atoms with Crippen LogP contribution in [0.3, 0.4) is 0 Å². The first-order valence-corrected chi connectivity index (χ1v) is 8.97. The predicted molar refractivity (Wildman–Crippen MR) is 96.4 cm³/mol. The minimum Gasteiger partial charge on any atom is -0.396 e. The third-order valence-electron chi connectivity index (χ3n) is 4.60. The molecule has 1 heterocycles. The second kappa shape index (κ2) is 8.43. The van der Waals surface area contributed by atoms with Gasteiger partial charge in [-0.2, -0.15) is 0 Å². The van der Waals surface area contributed by atoms with Crippen LogP contribution in [0, 0.1) is 10.8 Å². The highest BCUT2D eigenvalue weighted by Gasteiger charge is 2.40. The van der Waals surface area contributed by atoms with Crippen LogP contribution in [0.1, 0.15) is 52.5 Å². The van der Waals surface area contributed by atoms with E-state index in [1.165, 1.54) is 5.56 Å². The van der Waals surface area contributed by atoms with Crippen molar-refractivity contribution in [2.75, 3.05) is 13.2 Å². The molecule has 2 atom stereocenters. The quantitative estimate of drug-likeness (QED) is 0.606. The number of epoxide rings is 1. The lowest BCUT2D eigenvalue weighted by Gasteiger charge is -2.34. The van der Waals surface area contributed by atoms with Crippen molar-refractivity contribution < 1.29 is 14.6 Å². The van der Waals surface area contributed by atoms with Crippen molar-refractivity contribution in [1.29, 1.82) is 0 Å². The van der Waals surface area contributed by atoms with Crippen molar-refractivity contribution in [3.05, 3.63) is 35.9 Å². The van der Waals surface area contributed by atoms with Gasteiger partial charge in [0, 0.05) is 6.61 Å². The van der Waals surface area contributed by atoms with E-state index in [1.807, 2.05) is 18.2 Å². The van der Waals surface area contributed by atoms with E-state index in [1.54, 1.807) is 0 Å². The number of aliphatic hydroxyl groups excluding tert-OH is 1. The summed E-state index contributed by atoms with van der Waals surface area (Å²) in [5.74, 6) is 0. The average molecular weight is 335 g/mol. The molecule has 1 aliphatic heterocycles. The fraction of sp³-hybridized carbons (Fsp3) is 0.700. The molecule has 0 aromatic heterocycles. The number of benzene rings is 1. The molecule has 0 radical (unpaired) electrons. The lowest BCUT2D eigenvalue weighted by molar-refractivity contribution is 0.0385. The molecular formula is C20H33NO3. The summed E-state index contributed by atoms with van der Waals surface area (Å²) in [4.78, 5) is 0. The van der Waals surface area contributed by atoms with Gasteiger partial charge in [0.1, 0.15) is 0 Å². The summed E-state index contributed by atoms with van der Waals surface area (Å²) in [6.07, 6.45) is 2.92. The van der Waals surface area contributed by atoms with Gasteiger partial charge in [-0.25, -0.2) is 0 Å². The molecule has 0 amide bonds. The zero-order valence-electron chi connectivity index (χ0n) is 15.5. The molecule has 136 valence electrons. The summed E-state index contributed by atoms with van der Waals surface area (Å²) in [6.45, 7) is 10.8. The van der Waals surface area contributed by atoms with E-state index in [0.29, 0.717) is 6.61 Å². The van der Waals surface area contributed by atoms with E-state index in [0.717, 1.165) is 25.8 Å². The zero-order chi connectivity index (χ0) is 17.6. The molecule has 1 aromatic rings. The molecule has 2 unspecified atom stereocenters.